The van der Waals surface area contributed by atoms with E-state index in [1.54, 1.807) is 0 Å². The molecular formula is C16H19N3. The fourth-order valence-corrected chi connectivity index (χ4v) is 2.50. The van der Waals surface area contributed by atoms with Crippen LogP contribution in [0, 0.1) is 6.92 Å². The number of anilines is 1. The number of hydrogen-bond acceptors (Lipinski definition) is 3. The van der Waals surface area contributed by atoms with E-state index in [4.69, 9.17) is 4.98 Å². The first-order chi connectivity index (χ1) is 9.29. The van der Waals surface area contributed by atoms with Crippen molar-refractivity contribution in [2.75, 3.05) is 12.4 Å². The fraction of sp³-hybridized carbons (Fsp3) is 0.375. The summed E-state index contributed by atoms with van der Waals surface area (Å²) in [5, 5.41) is 3.20. The second-order valence-corrected chi connectivity index (χ2v) is 5.15. The fourth-order valence-electron chi connectivity index (χ4n) is 2.50. The first-order valence-corrected chi connectivity index (χ1v) is 6.91. The third kappa shape index (κ3) is 2.21. The van der Waals surface area contributed by atoms with Crippen LogP contribution in [0.5, 0.6) is 0 Å². The molecule has 0 aliphatic heterocycles. The van der Waals surface area contributed by atoms with Crippen LogP contribution in [-0.2, 0) is 0 Å². The number of hydrogen-bond donors (Lipinski definition) is 1. The molecule has 2 aromatic rings. The first-order valence-electron chi connectivity index (χ1n) is 6.91. The molecule has 1 aromatic carbocycles. The van der Waals surface area contributed by atoms with E-state index in [0.717, 1.165) is 22.9 Å². The second kappa shape index (κ2) is 5.00. The average Bonchev–Trinajstić information content (AvgIpc) is 2.39. The molecule has 0 atom stereocenters. The Kier molecular flexibility index (Phi) is 3.20. The van der Waals surface area contributed by atoms with Crippen molar-refractivity contribution in [3.63, 3.8) is 0 Å². The molecule has 3 nitrogen and oxygen atoms in total. The zero-order chi connectivity index (χ0) is 13.2. The van der Waals surface area contributed by atoms with Gasteiger partial charge in [0.25, 0.3) is 0 Å². The minimum Gasteiger partial charge on any atom is -0.373 e. The lowest BCUT2D eigenvalue weighted by Gasteiger charge is -2.25. The van der Waals surface area contributed by atoms with E-state index < -0.39 is 0 Å². The van der Waals surface area contributed by atoms with Crippen LogP contribution in [0.3, 0.4) is 0 Å². The smallest absolute Gasteiger partial charge is 0.134 e. The van der Waals surface area contributed by atoms with Crippen molar-refractivity contribution in [2.24, 2.45) is 0 Å². The van der Waals surface area contributed by atoms with Crippen molar-refractivity contribution in [3.05, 3.63) is 41.7 Å². The third-order valence-electron chi connectivity index (χ3n) is 3.92. The van der Waals surface area contributed by atoms with Crippen LogP contribution < -0.4 is 5.32 Å². The van der Waals surface area contributed by atoms with E-state index in [9.17, 15) is 0 Å². The first kappa shape index (κ1) is 12.2. The van der Waals surface area contributed by atoms with Crippen LogP contribution in [0.15, 0.2) is 30.3 Å². The molecule has 19 heavy (non-hydrogen) atoms. The molecule has 1 N–H and O–H groups in total. The van der Waals surface area contributed by atoms with Gasteiger partial charge in [0.05, 0.1) is 5.69 Å². The predicted octanol–water partition coefficient (Wildman–Crippen LogP) is 3.76. The van der Waals surface area contributed by atoms with Gasteiger partial charge >= 0.3 is 0 Å². The Bertz CT molecular complexity index is 574. The van der Waals surface area contributed by atoms with Gasteiger partial charge in [0.1, 0.15) is 11.6 Å². The van der Waals surface area contributed by atoms with E-state index >= 15 is 0 Å². The normalized spacial score (nSPS) is 15.1. The molecule has 1 aliphatic rings. The molecule has 1 heterocycles. The molecule has 0 radical (unpaired) electrons. The van der Waals surface area contributed by atoms with Crippen LogP contribution in [-0.4, -0.2) is 17.0 Å². The standard InChI is InChI=1S/C16H19N3/c1-11-14(12-7-4-3-5-8-12)18-16(13-9-6-10-13)19-15(11)17-2/h3-5,7-8,13H,6,9-10H2,1-2H3,(H,17,18,19). The lowest BCUT2D eigenvalue weighted by atomic mass is 9.84. The van der Waals surface area contributed by atoms with Crippen molar-refractivity contribution in [1.82, 2.24) is 9.97 Å². The number of nitrogens with one attached hydrogen (secondary N) is 1. The summed E-state index contributed by atoms with van der Waals surface area (Å²) >= 11 is 0. The minimum atomic E-state index is 0.551. The zero-order valence-corrected chi connectivity index (χ0v) is 11.5. The molecule has 98 valence electrons. The van der Waals surface area contributed by atoms with Gasteiger partial charge in [0.15, 0.2) is 0 Å². The van der Waals surface area contributed by atoms with Gasteiger partial charge in [-0.15, -0.1) is 0 Å². The number of benzene rings is 1. The van der Waals surface area contributed by atoms with Crippen LogP contribution in [0.4, 0.5) is 5.82 Å². The molecule has 1 fully saturated rings. The molecule has 0 unspecified atom stereocenters. The van der Waals surface area contributed by atoms with E-state index in [1.165, 1.54) is 24.8 Å². The molecule has 3 heteroatoms. The summed E-state index contributed by atoms with van der Waals surface area (Å²) in [6, 6.07) is 10.4. The van der Waals surface area contributed by atoms with Gasteiger partial charge in [-0.1, -0.05) is 36.8 Å². The van der Waals surface area contributed by atoms with Crippen LogP contribution in [0.1, 0.15) is 36.6 Å². The van der Waals surface area contributed by atoms with Crippen LogP contribution in [0.25, 0.3) is 11.3 Å². The zero-order valence-electron chi connectivity index (χ0n) is 11.5. The Morgan fingerprint density at radius 1 is 1.11 bits per heavy atom. The van der Waals surface area contributed by atoms with Crippen molar-refractivity contribution >= 4 is 5.82 Å². The van der Waals surface area contributed by atoms with Gasteiger partial charge in [-0.05, 0) is 19.8 Å². The largest absolute Gasteiger partial charge is 0.373 e. The van der Waals surface area contributed by atoms with Crippen molar-refractivity contribution in [3.8, 4) is 11.3 Å². The number of aromatic nitrogens is 2. The van der Waals surface area contributed by atoms with Gasteiger partial charge in [0, 0.05) is 24.1 Å². The number of nitrogens with zero attached hydrogens (tertiary/aromatic N) is 2. The maximum Gasteiger partial charge on any atom is 0.134 e. The summed E-state index contributed by atoms with van der Waals surface area (Å²) in [4.78, 5) is 9.50. The quantitative estimate of drug-likeness (QED) is 0.905. The predicted molar refractivity (Wildman–Crippen MR) is 78.3 cm³/mol. The summed E-state index contributed by atoms with van der Waals surface area (Å²) in [5.74, 6) is 2.51. The lowest BCUT2D eigenvalue weighted by Crippen LogP contribution is -2.15. The van der Waals surface area contributed by atoms with Gasteiger partial charge < -0.3 is 5.32 Å². The third-order valence-corrected chi connectivity index (χ3v) is 3.92. The summed E-state index contributed by atoms with van der Waals surface area (Å²) in [6.45, 7) is 2.08. The van der Waals surface area contributed by atoms with Gasteiger partial charge in [-0.2, -0.15) is 0 Å². The highest BCUT2D eigenvalue weighted by atomic mass is 15.0. The minimum absolute atomic E-state index is 0.551. The summed E-state index contributed by atoms with van der Waals surface area (Å²) in [7, 11) is 1.93. The second-order valence-electron chi connectivity index (χ2n) is 5.15. The molecule has 0 amide bonds. The van der Waals surface area contributed by atoms with Crippen molar-refractivity contribution < 1.29 is 0 Å². The van der Waals surface area contributed by atoms with E-state index in [0.29, 0.717) is 5.92 Å². The average molecular weight is 253 g/mol. The Balaban J connectivity index is 2.11. The molecular weight excluding hydrogens is 234 g/mol. The molecule has 1 aromatic heterocycles. The lowest BCUT2D eigenvalue weighted by molar-refractivity contribution is 0.402. The molecule has 1 aliphatic carbocycles. The monoisotopic (exact) mass is 253 g/mol. The van der Waals surface area contributed by atoms with Gasteiger partial charge in [0.2, 0.25) is 0 Å². The molecule has 0 spiro atoms. The highest BCUT2D eigenvalue weighted by Crippen LogP contribution is 2.36. The maximum atomic E-state index is 4.82. The SMILES string of the molecule is CNc1nc(C2CCC2)nc(-c2ccccc2)c1C. The van der Waals surface area contributed by atoms with Crippen molar-refractivity contribution in [1.29, 1.82) is 0 Å². The Labute approximate surface area is 114 Å². The van der Waals surface area contributed by atoms with E-state index in [1.807, 2.05) is 13.1 Å². The van der Waals surface area contributed by atoms with E-state index in [-0.39, 0.29) is 0 Å². The van der Waals surface area contributed by atoms with E-state index in [2.05, 4.69) is 41.5 Å². The summed E-state index contributed by atoms with van der Waals surface area (Å²) < 4.78 is 0. The topological polar surface area (TPSA) is 37.8 Å². The Morgan fingerprint density at radius 3 is 2.42 bits per heavy atom. The summed E-state index contributed by atoms with van der Waals surface area (Å²) in [6.07, 6.45) is 3.75. The Hall–Kier alpha value is -1.90. The van der Waals surface area contributed by atoms with Crippen LogP contribution >= 0.6 is 0 Å². The highest BCUT2D eigenvalue weighted by Gasteiger charge is 2.24. The van der Waals surface area contributed by atoms with Gasteiger partial charge in [-0.25, -0.2) is 9.97 Å². The Morgan fingerprint density at radius 2 is 1.84 bits per heavy atom. The van der Waals surface area contributed by atoms with Crippen LogP contribution in [0.2, 0.25) is 0 Å². The number of rotatable bonds is 3. The van der Waals surface area contributed by atoms with Crippen molar-refractivity contribution in [2.45, 2.75) is 32.1 Å². The highest BCUT2D eigenvalue weighted by molar-refractivity contribution is 5.68. The molecule has 3 rings (SSSR count). The molecule has 1 saturated carbocycles. The maximum absolute atomic E-state index is 4.82. The molecule has 0 saturated heterocycles. The summed E-state index contributed by atoms with van der Waals surface area (Å²) in [5.41, 5.74) is 3.35. The van der Waals surface area contributed by atoms with Gasteiger partial charge in [-0.3, -0.25) is 0 Å². The molecule has 0 bridgehead atoms.